The Labute approximate surface area is 176 Å². The minimum atomic E-state index is -0.408. The van der Waals surface area contributed by atoms with Crippen molar-refractivity contribution >= 4 is 17.6 Å². The van der Waals surface area contributed by atoms with Gasteiger partial charge < -0.3 is 14.8 Å². The van der Waals surface area contributed by atoms with Crippen LogP contribution < -0.4 is 10.1 Å². The number of nitrogens with one attached hydrogen (secondary N) is 1. The number of anilines is 1. The highest BCUT2D eigenvalue weighted by Crippen LogP contribution is 2.19. The van der Waals surface area contributed by atoms with Crippen molar-refractivity contribution in [2.75, 3.05) is 12.4 Å². The van der Waals surface area contributed by atoms with Crippen LogP contribution >= 0.6 is 0 Å². The quantitative estimate of drug-likeness (QED) is 0.535. The number of benzene rings is 3. The first-order valence-electron chi connectivity index (χ1n) is 9.77. The van der Waals surface area contributed by atoms with Crippen LogP contribution in [0.1, 0.15) is 51.6 Å². The summed E-state index contributed by atoms with van der Waals surface area (Å²) in [5, 5.41) is 2.91. The molecule has 0 aliphatic carbocycles. The predicted octanol–water partition coefficient (Wildman–Crippen LogP) is 5.43. The lowest BCUT2D eigenvalue weighted by Crippen LogP contribution is -2.12. The van der Waals surface area contributed by atoms with Crippen LogP contribution in [0.4, 0.5) is 5.69 Å². The first-order valence-corrected chi connectivity index (χ1v) is 9.77. The van der Waals surface area contributed by atoms with E-state index in [1.807, 2.05) is 36.4 Å². The first kappa shape index (κ1) is 21.1. The standard InChI is InChI=1S/C25H25NO4/c1-17(2)19-11-13-22(14-12-19)26-24(27)20-9-7-18(8-10-20)16-30-23-6-4-5-21(15-23)25(28)29-3/h4-15,17H,16H2,1-3H3,(H,26,27). The fourth-order valence-electron chi connectivity index (χ4n) is 2.90. The zero-order valence-corrected chi connectivity index (χ0v) is 17.3. The molecule has 154 valence electrons. The molecule has 1 N–H and O–H groups in total. The van der Waals surface area contributed by atoms with Crippen molar-refractivity contribution in [3.05, 3.63) is 95.1 Å². The van der Waals surface area contributed by atoms with Gasteiger partial charge in [0.05, 0.1) is 12.7 Å². The van der Waals surface area contributed by atoms with Crippen LogP contribution in [0.5, 0.6) is 5.75 Å². The summed E-state index contributed by atoms with van der Waals surface area (Å²) in [7, 11) is 1.34. The molecule has 0 fully saturated rings. The van der Waals surface area contributed by atoms with E-state index in [9.17, 15) is 9.59 Å². The van der Waals surface area contributed by atoms with Crippen molar-refractivity contribution < 1.29 is 19.1 Å². The molecule has 0 aliphatic heterocycles. The third-order valence-corrected chi connectivity index (χ3v) is 4.71. The van der Waals surface area contributed by atoms with Crippen LogP contribution in [0.15, 0.2) is 72.8 Å². The van der Waals surface area contributed by atoms with E-state index in [-0.39, 0.29) is 5.91 Å². The number of hydrogen-bond acceptors (Lipinski definition) is 4. The van der Waals surface area contributed by atoms with Gasteiger partial charge in [-0.1, -0.05) is 44.2 Å². The molecule has 0 heterocycles. The Kier molecular flexibility index (Phi) is 6.86. The van der Waals surface area contributed by atoms with Crippen molar-refractivity contribution in [2.45, 2.75) is 26.4 Å². The highest BCUT2D eigenvalue weighted by molar-refractivity contribution is 6.04. The largest absolute Gasteiger partial charge is 0.489 e. The van der Waals surface area contributed by atoms with Crippen LogP contribution in [-0.4, -0.2) is 19.0 Å². The van der Waals surface area contributed by atoms with Gasteiger partial charge >= 0.3 is 5.97 Å². The Morgan fingerprint density at radius 3 is 2.23 bits per heavy atom. The molecule has 5 heteroatoms. The summed E-state index contributed by atoms with van der Waals surface area (Å²) in [6.45, 7) is 4.59. The van der Waals surface area contributed by atoms with E-state index in [4.69, 9.17) is 9.47 Å². The van der Waals surface area contributed by atoms with Crippen molar-refractivity contribution in [1.82, 2.24) is 0 Å². The minimum absolute atomic E-state index is 0.162. The number of rotatable bonds is 7. The van der Waals surface area contributed by atoms with Crippen LogP contribution in [0.2, 0.25) is 0 Å². The fraction of sp³-hybridized carbons (Fsp3) is 0.200. The van der Waals surface area contributed by atoms with Crippen molar-refractivity contribution in [2.24, 2.45) is 0 Å². The maximum atomic E-state index is 12.5. The molecule has 5 nitrogen and oxygen atoms in total. The third kappa shape index (κ3) is 5.47. The highest BCUT2D eigenvalue weighted by atomic mass is 16.5. The van der Waals surface area contributed by atoms with E-state index in [2.05, 4.69) is 19.2 Å². The number of amides is 1. The number of esters is 1. The lowest BCUT2D eigenvalue weighted by molar-refractivity contribution is 0.0600. The molecule has 3 aromatic carbocycles. The van der Waals surface area contributed by atoms with Gasteiger partial charge in [-0.15, -0.1) is 0 Å². The molecule has 0 spiro atoms. The number of methoxy groups -OCH3 is 1. The van der Waals surface area contributed by atoms with E-state index in [0.29, 0.717) is 29.4 Å². The third-order valence-electron chi connectivity index (χ3n) is 4.71. The summed E-state index contributed by atoms with van der Waals surface area (Å²) in [5.74, 6) is 0.456. The van der Waals surface area contributed by atoms with Crippen LogP contribution in [0.3, 0.4) is 0 Å². The van der Waals surface area contributed by atoms with Crippen molar-refractivity contribution in [3.63, 3.8) is 0 Å². The Morgan fingerprint density at radius 1 is 0.900 bits per heavy atom. The zero-order chi connectivity index (χ0) is 21.5. The molecule has 0 saturated heterocycles. The second-order valence-electron chi connectivity index (χ2n) is 7.24. The van der Waals surface area contributed by atoms with Crippen LogP contribution in [0, 0.1) is 0 Å². The van der Waals surface area contributed by atoms with Crippen LogP contribution in [0.25, 0.3) is 0 Å². The predicted molar refractivity (Wildman–Crippen MR) is 117 cm³/mol. The van der Waals surface area contributed by atoms with Crippen molar-refractivity contribution in [1.29, 1.82) is 0 Å². The lowest BCUT2D eigenvalue weighted by Gasteiger charge is -2.10. The van der Waals surface area contributed by atoms with Gasteiger partial charge in [0.1, 0.15) is 12.4 Å². The molecule has 0 radical (unpaired) electrons. The van der Waals surface area contributed by atoms with E-state index in [1.165, 1.54) is 12.7 Å². The first-order chi connectivity index (χ1) is 14.5. The second kappa shape index (κ2) is 9.74. The summed E-state index contributed by atoms with van der Waals surface area (Å²) < 4.78 is 10.5. The smallest absolute Gasteiger partial charge is 0.337 e. The average Bonchev–Trinajstić information content (AvgIpc) is 2.78. The van der Waals surface area contributed by atoms with Crippen LogP contribution in [-0.2, 0) is 11.3 Å². The Hall–Kier alpha value is -3.60. The maximum Gasteiger partial charge on any atom is 0.337 e. The van der Waals surface area contributed by atoms with Gasteiger partial charge in [0.2, 0.25) is 0 Å². The second-order valence-corrected chi connectivity index (χ2v) is 7.24. The van der Waals surface area contributed by atoms with Gasteiger partial charge in [0, 0.05) is 11.3 Å². The van der Waals surface area contributed by atoms with Gasteiger partial charge in [0.25, 0.3) is 5.91 Å². The summed E-state index contributed by atoms with van der Waals surface area (Å²) in [5.41, 5.74) is 3.91. The molecule has 3 aromatic rings. The van der Waals surface area contributed by atoms with Crippen molar-refractivity contribution in [3.8, 4) is 5.75 Å². The van der Waals surface area contributed by atoms with Gasteiger partial charge in [-0.25, -0.2) is 4.79 Å². The Bertz CT molecular complexity index is 1010. The van der Waals surface area contributed by atoms with E-state index < -0.39 is 5.97 Å². The summed E-state index contributed by atoms with van der Waals surface area (Å²) in [4.78, 5) is 24.1. The normalized spacial score (nSPS) is 10.5. The molecule has 0 aliphatic rings. The lowest BCUT2D eigenvalue weighted by atomic mass is 10.0. The zero-order valence-electron chi connectivity index (χ0n) is 17.3. The van der Waals surface area contributed by atoms with E-state index >= 15 is 0 Å². The molecular weight excluding hydrogens is 378 g/mol. The minimum Gasteiger partial charge on any atom is -0.489 e. The molecule has 30 heavy (non-hydrogen) atoms. The van der Waals surface area contributed by atoms with E-state index in [1.54, 1.807) is 36.4 Å². The van der Waals surface area contributed by atoms with Gasteiger partial charge in [-0.05, 0) is 59.5 Å². The topological polar surface area (TPSA) is 64.6 Å². The van der Waals surface area contributed by atoms with Gasteiger partial charge in [-0.2, -0.15) is 0 Å². The molecular formula is C25H25NO4. The molecule has 0 aromatic heterocycles. The Balaban J connectivity index is 1.58. The summed E-state index contributed by atoms with van der Waals surface area (Å²) >= 11 is 0. The average molecular weight is 403 g/mol. The highest BCUT2D eigenvalue weighted by Gasteiger charge is 2.08. The molecule has 0 unspecified atom stereocenters. The molecule has 0 atom stereocenters. The van der Waals surface area contributed by atoms with Gasteiger partial charge in [0.15, 0.2) is 0 Å². The molecule has 1 amide bonds. The molecule has 3 rings (SSSR count). The maximum absolute atomic E-state index is 12.5. The summed E-state index contributed by atoms with van der Waals surface area (Å²) in [6, 6.07) is 21.9. The fourth-order valence-corrected chi connectivity index (χ4v) is 2.90. The summed E-state index contributed by atoms with van der Waals surface area (Å²) in [6.07, 6.45) is 0. The van der Waals surface area contributed by atoms with Gasteiger partial charge in [-0.3, -0.25) is 4.79 Å². The monoisotopic (exact) mass is 403 g/mol. The number of hydrogen-bond donors (Lipinski definition) is 1. The number of carbonyl (C=O) groups excluding carboxylic acids is 2. The molecule has 0 saturated carbocycles. The van der Waals surface area contributed by atoms with E-state index in [0.717, 1.165) is 11.3 Å². The Morgan fingerprint density at radius 2 is 1.60 bits per heavy atom. The number of ether oxygens (including phenoxy) is 2. The SMILES string of the molecule is COC(=O)c1cccc(OCc2ccc(C(=O)Nc3ccc(C(C)C)cc3)cc2)c1. The number of carbonyl (C=O) groups is 2. The molecule has 0 bridgehead atoms.